The molecule has 1 aliphatic rings. The SMILES string of the molecule is CCC(CCCN1CCN(CCOc2cccc(/C=C/C#N)c2)CC1)c1ccc(C#N)c(C)c1. The van der Waals surface area contributed by atoms with E-state index < -0.39 is 0 Å². The highest BCUT2D eigenvalue weighted by atomic mass is 16.5. The van der Waals surface area contributed by atoms with E-state index in [0.717, 1.165) is 68.1 Å². The molecule has 0 radical (unpaired) electrons. The zero-order valence-corrected chi connectivity index (χ0v) is 20.5. The van der Waals surface area contributed by atoms with Gasteiger partial charge in [0.1, 0.15) is 12.4 Å². The van der Waals surface area contributed by atoms with Crippen molar-refractivity contribution in [2.24, 2.45) is 0 Å². The standard InChI is InChI=1S/C29H36N4O/c1-3-26(27-11-12-28(23-31)24(2)21-27)9-6-14-32-15-17-33(18-16-32)19-20-34-29-10-4-7-25(22-29)8-5-13-30/h4-5,7-8,10-12,21-22,26H,3,6,9,14-20H2,1-2H3/b8-5+. The maximum absolute atomic E-state index is 9.17. The first-order chi connectivity index (χ1) is 16.6. The van der Waals surface area contributed by atoms with E-state index >= 15 is 0 Å². The lowest BCUT2D eigenvalue weighted by Crippen LogP contribution is -2.47. The van der Waals surface area contributed by atoms with Crippen LogP contribution in [0.25, 0.3) is 6.08 Å². The van der Waals surface area contributed by atoms with Crippen LogP contribution in [0.3, 0.4) is 0 Å². The van der Waals surface area contributed by atoms with E-state index in [2.05, 4.69) is 34.9 Å². The highest BCUT2D eigenvalue weighted by molar-refractivity contribution is 5.53. The first-order valence-corrected chi connectivity index (χ1v) is 12.4. The summed E-state index contributed by atoms with van der Waals surface area (Å²) >= 11 is 0. The maximum atomic E-state index is 9.17. The first kappa shape index (κ1) is 25.5. The monoisotopic (exact) mass is 456 g/mol. The molecular formula is C29H36N4O. The Labute approximate surface area is 204 Å². The van der Waals surface area contributed by atoms with Crippen molar-refractivity contribution < 1.29 is 4.74 Å². The zero-order valence-electron chi connectivity index (χ0n) is 20.5. The molecule has 34 heavy (non-hydrogen) atoms. The minimum absolute atomic E-state index is 0.568. The Morgan fingerprint density at radius 3 is 2.47 bits per heavy atom. The molecular weight excluding hydrogens is 420 g/mol. The highest BCUT2D eigenvalue weighted by Crippen LogP contribution is 2.26. The van der Waals surface area contributed by atoms with Gasteiger partial charge in [-0.05, 0) is 79.6 Å². The van der Waals surface area contributed by atoms with Gasteiger partial charge in [-0.25, -0.2) is 0 Å². The summed E-state index contributed by atoms with van der Waals surface area (Å²) in [5.41, 5.74) is 4.22. The Bertz CT molecular complexity index is 1030. The number of allylic oxidation sites excluding steroid dienone is 1. The van der Waals surface area contributed by atoms with Crippen molar-refractivity contribution >= 4 is 6.08 Å². The van der Waals surface area contributed by atoms with E-state index in [1.165, 1.54) is 24.5 Å². The number of nitriles is 2. The third-order valence-corrected chi connectivity index (χ3v) is 6.71. The van der Waals surface area contributed by atoms with Crippen molar-refractivity contribution in [2.75, 3.05) is 45.9 Å². The minimum Gasteiger partial charge on any atom is -0.492 e. The third-order valence-electron chi connectivity index (χ3n) is 6.71. The Kier molecular flexibility index (Phi) is 10.2. The topological polar surface area (TPSA) is 63.3 Å². The minimum atomic E-state index is 0.568. The number of hydrogen-bond acceptors (Lipinski definition) is 5. The van der Waals surface area contributed by atoms with Crippen LogP contribution in [0.2, 0.25) is 0 Å². The van der Waals surface area contributed by atoms with Crippen LogP contribution in [0, 0.1) is 29.6 Å². The van der Waals surface area contributed by atoms with Gasteiger partial charge in [0.25, 0.3) is 0 Å². The normalized spacial score (nSPS) is 15.6. The first-order valence-electron chi connectivity index (χ1n) is 12.4. The number of benzene rings is 2. The maximum Gasteiger partial charge on any atom is 0.119 e. The molecule has 2 aromatic carbocycles. The molecule has 2 aromatic rings. The fraction of sp³-hybridized carbons (Fsp3) is 0.448. The average molecular weight is 457 g/mol. The number of piperazine rings is 1. The van der Waals surface area contributed by atoms with Gasteiger partial charge in [-0.1, -0.05) is 31.2 Å². The molecule has 3 rings (SSSR count). The summed E-state index contributed by atoms with van der Waals surface area (Å²) in [5.74, 6) is 1.42. The van der Waals surface area contributed by atoms with Crippen molar-refractivity contribution in [3.63, 3.8) is 0 Å². The molecule has 0 aliphatic carbocycles. The van der Waals surface area contributed by atoms with Gasteiger partial charge in [0, 0.05) is 38.8 Å². The number of rotatable bonds is 11. The van der Waals surface area contributed by atoms with Crippen molar-refractivity contribution in [2.45, 2.75) is 39.0 Å². The van der Waals surface area contributed by atoms with Crippen LogP contribution in [0.5, 0.6) is 5.75 Å². The van der Waals surface area contributed by atoms with Gasteiger partial charge in [-0.15, -0.1) is 0 Å². The summed E-state index contributed by atoms with van der Waals surface area (Å²) < 4.78 is 5.93. The van der Waals surface area contributed by atoms with Crippen molar-refractivity contribution in [3.8, 4) is 17.9 Å². The lowest BCUT2D eigenvalue weighted by atomic mass is 9.90. The summed E-state index contributed by atoms with van der Waals surface area (Å²) in [7, 11) is 0. The smallest absolute Gasteiger partial charge is 0.119 e. The van der Waals surface area contributed by atoms with E-state index in [4.69, 9.17) is 15.3 Å². The molecule has 1 unspecified atom stereocenters. The summed E-state index contributed by atoms with van der Waals surface area (Å²) in [6.45, 7) is 11.4. The predicted molar refractivity (Wildman–Crippen MR) is 138 cm³/mol. The molecule has 0 bridgehead atoms. The fourth-order valence-electron chi connectivity index (χ4n) is 4.60. The molecule has 0 aromatic heterocycles. The van der Waals surface area contributed by atoms with E-state index in [-0.39, 0.29) is 0 Å². The van der Waals surface area contributed by atoms with Gasteiger partial charge in [0.2, 0.25) is 0 Å². The molecule has 0 amide bonds. The summed E-state index contributed by atoms with van der Waals surface area (Å²) in [6.07, 6.45) is 6.81. The Hall–Kier alpha value is -3.12. The molecule has 0 saturated carbocycles. The molecule has 0 spiro atoms. The number of ether oxygens (including phenoxy) is 1. The quantitative estimate of drug-likeness (QED) is 0.425. The second-order valence-corrected chi connectivity index (χ2v) is 9.00. The van der Waals surface area contributed by atoms with Gasteiger partial charge in [-0.3, -0.25) is 4.90 Å². The molecule has 0 N–H and O–H groups in total. The summed E-state index contributed by atoms with van der Waals surface area (Å²) in [5, 5.41) is 17.8. The summed E-state index contributed by atoms with van der Waals surface area (Å²) in [6, 6.07) is 18.4. The molecule has 1 atom stereocenters. The van der Waals surface area contributed by atoms with Crippen LogP contribution in [0.15, 0.2) is 48.5 Å². The molecule has 1 fully saturated rings. The van der Waals surface area contributed by atoms with Crippen LogP contribution in [-0.2, 0) is 0 Å². The van der Waals surface area contributed by atoms with Crippen LogP contribution in [0.4, 0.5) is 0 Å². The Morgan fingerprint density at radius 1 is 1.03 bits per heavy atom. The molecule has 5 nitrogen and oxygen atoms in total. The number of hydrogen-bond donors (Lipinski definition) is 0. The molecule has 1 aliphatic heterocycles. The lowest BCUT2D eigenvalue weighted by Gasteiger charge is -2.34. The molecule has 1 heterocycles. The largest absolute Gasteiger partial charge is 0.492 e. The second kappa shape index (κ2) is 13.6. The Morgan fingerprint density at radius 2 is 1.79 bits per heavy atom. The highest BCUT2D eigenvalue weighted by Gasteiger charge is 2.17. The lowest BCUT2D eigenvalue weighted by molar-refractivity contribution is 0.115. The number of nitrogens with zero attached hydrogens (tertiary/aromatic N) is 4. The second-order valence-electron chi connectivity index (χ2n) is 9.00. The van der Waals surface area contributed by atoms with E-state index in [0.29, 0.717) is 12.5 Å². The Balaban J connectivity index is 1.34. The van der Waals surface area contributed by atoms with E-state index in [1.54, 1.807) is 6.08 Å². The fourth-order valence-corrected chi connectivity index (χ4v) is 4.60. The van der Waals surface area contributed by atoms with Gasteiger partial charge in [0.15, 0.2) is 0 Å². The van der Waals surface area contributed by atoms with Gasteiger partial charge >= 0.3 is 0 Å². The van der Waals surface area contributed by atoms with Gasteiger partial charge in [-0.2, -0.15) is 10.5 Å². The average Bonchev–Trinajstić information content (AvgIpc) is 2.86. The third kappa shape index (κ3) is 7.73. The summed E-state index contributed by atoms with van der Waals surface area (Å²) in [4.78, 5) is 5.06. The van der Waals surface area contributed by atoms with Crippen LogP contribution >= 0.6 is 0 Å². The van der Waals surface area contributed by atoms with Gasteiger partial charge < -0.3 is 9.64 Å². The van der Waals surface area contributed by atoms with Crippen molar-refractivity contribution in [3.05, 3.63) is 70.8 Å². The van der Waals surface area contributed by atoms with Crippen molar-refractivity contribution in [1.29, 1.82) is 10.5 Å². The molecule has 5 heteroatoms. The van der Waals surface area contributed by atoms with Crippen LogP contribution < -0.4 is 4.74 Å². The molecule has 178 valence electrons. The van der Waals surface area contributed by atoms with Crippen LogP contribution in [-0.4, -0.2) is 55.7 Å². The van der Waals surface area contributed by atoms with E-state index in [1.807, 2.05) is 43.3 Å². The predicted octanol–water partition coefficient (Wildman–Crippen LogP) is 5.37. The van der Waals surface area contributed by atoms with Crippen LogP contribution in [0.1, 0.15) is 54.4 Å². The van der Waals surface area contributed by atoms with E-state index in [9.17, 15) is 0 Å². The van der Waals surface area contributed by atoms with Gasteiger partial charge in [0.05, 0.1) is 17.7 Å². The zero-order chi connectivity index (χ0) is 24.2. The van der Waals surface area contributed by atoms with Crippen molar-refractivity contribution in [1.82, 2.24) is 9.80 Å². The molecule has 1 saturated heterocycles. The number of aryl methyl sites for hydroxylation is 1.